The minimum Gasteiger partial charge on any atom is -0.389 e. The van der Waals surface area contributed by atoms with Gasteiger partial charge in [-0.05, 0) is 25.0 Å². The largest absolute Gasteiger partial charge is 0.389 e. The lowest BCUT2D eigenvalue weighted by atomic mass is 10.2. The van der Waals surface area contributed by atoms with Gasteiger partial charge in [0.25, 0.3) is 0 Å². The van der Waals surface area contributed by atoms with E-state index in [9.17, 15) is 9.90 Å². The predicted octanol–water partition coefficient (Wildman–Crippen LogP) is 1.19. The Labute approximate surface area is 113 Å². The Morgan fingerprint density at radius 3 is 2.68 bits per heavy atom. The summed E-state index contributed by atoms with van der Waals surface area (Å²) >= 11 is 0. The summed E-state index contributed by atoms with van der Waals surface area (Å²) in [4.78, 5) is 19.8. The lowest BCUT2D eigenvalue weighted by Crippen LogP contribution is -2.33. The highest BCUT2D eigenvalue weighted by Gasteiger charge is 2.17. The molecule has 2 heterocycles. The third-order valence-electron chi connectivity index (χ3n) is 3.52. The van der Waals surface area contributed by atoms with Crippen LogP contribution in [0.5, 0.6) is 0 Å². The Balaban J connectivity index is 2.03. The number of aromatic nitrogens is 1. The van der Waals surface area contributed by atoms with E-state index in [4.69, 9.17) is 0 Å². The van der Waals surface area contributed by atoms with Gasteiger partial charge in [0.05, 0.1) is 6.10 Å². The van der Waals surface area contributed by atoms with Crippen molar-refractivity contribution in [3.8, 4) is 0 Å². The van der Waals surface area contributed by atoms with E-state index in [2.05, 4.69) is 9.88 Å². The van der Waals surface area contributed by atoms with Crippen LogP contribution in [-0.4, -0.2) is 47.1 Å². The van der Waals surface area contributed by atoms with Gasteiger partial charge in [-0.15, -0.1) is 0 Å². The van der Waals surface area contributed by atoms with Crippen LogP contribution in [0.1, 0.15) is 31.9 Å². The molecule has 0 spiro atoms. The van der Waals surface area contributed by atoms with Crippen LogP contribution >= 0.6 is 0 Å². The van der Waals surface area contributed by atoms with E-state index in [1.54, 1.807) is 20.0 Å². The fourth-order valence-electron chi connectivity index (χ4n) is 2.29. The highest BCUT2D eigenvalue weighted by molar-refractivity contribution is 5.73. The third-order valence-corrected chi connectivity index (χ3v) is 3.52. The number of anilines is 1. The van der Waals surface area contributed by atoms with Crippen LogP contribution in [0.2, 0.25) is 0 Å². The predicted molar refractivity (Wildman–Crippen MR) is 74.0 cm³/mol. The van der Waals surface area contributed by atoms with Gasteiger partial charge in [0.15, 0.2) is 0 Å². The number of aliphatic hydroxyl groups excluding tert-OH is 1. The normalized spacial score (nSPS) is 18.1. The fourth-order valence-corrected chi connectivity index (χ4v) is 2.29. The zero-order valence-corrected chi connectivity index (χ0v) is 11.5. The molecule has 1 amide bonds. The first-order chi connectivity index (χ1) is 9.08. The molecule has 1 aromatic rings. The smallest absolute Gasteiger partial charge is 0.219 e. The summed E-state index contributed by atoms with van der Waals surface area (Å²) in [6.07, 6.45) is 2.19. The second-order valence-corrected chi connectivity index (χ2v) is 4.97. The number of aliphatic hydroxyl groups is 1. The topological polar surface area (TPSA) is 56.7 Å². The van der Waals surface area contributed by atoms with E-state index in [0.29, 0.717) is 0 Å². The zero-order chi connectivity index (χ0) is 13.8. The van der Waals surface area contributed by atoms with Crippen molar-refractivity contribution in [1.82, 2.24) is 9.88 Å². The molecule has 1 aliphatic heterocycles. The molecule has 2 rings (SSSR count). The van der Waals surface area contributed by atoms with Crippen molar-refractivity contribution in [2.24, 2.45) is 0 Å². The van der Waals surface area contributed by atoms with Gasteiger partial charge in [-0.3, -0.25) is 4.79 Å². The number of rotatable bonds is 2. The fraction of sp³-hybridized carbons (Fsp3) is 0.571. The Bertz CT molecular complexity index is 431. The molecule has 1 aliphatic rings. The number of pyridine rings is 1. The van der Waals surface area contributed by atoms with Gasteiger partial charge >= 0.3 is 0 Å². The monoisotopic (exact) mass is 263 g/mol. The van der Waals surface area contributed by atoms with Crippen molar-refractivity contribution < 1.29 is 9.90 Å². The van der Waals surface area contributed by atoms with Crippen molar-refractivity contribution in [2.45, 2.75) is 26.4 Å². The Hall–Kier alpha value is -1.62. The molecular weight excluding hydrogens is 242 g/mol. The van der Waals surface area contributed by atoms with E-state index >= 15 is 0 Å². The maximum atomic E-state index is 11.4. The molecule has 5 nitrogen and oxygen atoms in total. The standard InChI is InChI=1S/C14H21N3O2/c1-11(18)13-4-5-14(15-10-13)17-7-3-6-16(8-9-17)12(2)19/h4-5,10-11,18H,3,6-9H2,1-2H3/t11-/m1/s1. The van der Waals surface area contributed by atoms with Gasteiger partial charge in [0.1, 0.15) is 5.82 Å². The molecule has 1 aromatic heterocycles. The van der Waals surface area contributed by atoms with E-state index in [1.807, 2.05) is 17.0 Å². The van der Waals surface area contributed by atoms with E-state index in [0.717, 1.165) is 44.0 Å². The molecular formula is C14H21N3O2. The first kappa shape index (κ1) is 13.8. The van der Waals surface area contributed by atoms with Crippen molar-refractivity contribution >= 4 is 11.7 Å². The molecule has 104 valence electrons. The van der Waals surface area contributed by atoms with Crippen molar-refractivity contribution in [2.75, 3.05) is 31.1 Å². The number of hydrogen-bond acceptors (Lipinski definition) is 4. The summed E-state index contributed by atoms with van der Waals surface area (Å²) in [5, 5.41) is 9.47. The molecule has 0 bridgehead atoms. The molecule has 0 radical (unpaired) electrons. The van der Waals surface area contributed by atoms with E-state index in [1.165, 1.54) is 0 Å². The second-order valence-electron chi connectivity index (χ2n) is 4.97. The number of amides is 1. The highest BCUT2D eigenvalue weighted by Crippen LogP contribution is 2.17. The maximum absolute atomic E-state index is 11.4. The van der Waals surface area contributed by atoms with Gasteiger partial charge in [0, 0.05) is 39.3 Å². The summed E-state index contributed by atoms with van der Waals surface area (Å²) in [6, 6.07) is 3.84. The van der Waals surface area contributed by atoms with Gasteiger partial charge in [-0.25, -0.2) is 4.98 Å². The molecule has 0 aliphatic carbocycles. The van der Waals surface area contributed by atoms with Crippen LogP contribution in [0, 0.1) is 0 Å². The molecule has 1 saturated heterocycles. The second kappa shape index (κ2) is 6.02. The van der Waals surface area contributed by atoms with Gasteiger partial charge < -0.3 is 14.9 Å². The molecule has 1 atom stereocenters. The van der Waals surface area contributed by atoms with Crippen LogP contribution in [0.15, 0.2) is 18.3 Å². The number of carbonyl (C=O) groups is 1. The summed E-state index contributed by atoms with van der Waals surface area (Å²) < 4.78 is 0. The lowest BCUT2D eigenvalue weighted by molar-refractivity contribution is -0.128. The molecule has 1 fully saturated rings. The Morgan fingerprint density at radius 2 is 2.11 bits per heavy atom. The van der Waals surface area contributed by atoms with Crippen molar-refractivity contribution in [3.05, 3.63) is 23.9 Å². The summed E-state index contributed by atoms with van der Waals surface area (Å²) in [7, 11) is 0. The molecule has 0 unspecified atom stereocenters. The number of hydrogen-bond donors (Lipinski definition) is 1. The summed E-state index contributed by atoms with van der Waals surface area (Å²) in [6.45, 7) is 6.62. The van der Waals surface area contributed by atoms with Crippen LogP contribution in [0.25, 0.3) is 0 Å². The van der Waals surface area contributed by atoms with E-state index in [-0.39, 0.29) is 5.91 Å². The van der Waals surface area contributed by atoms with Crippen LogP contribution in [0.4, 0.5) is 5.82 Å². The molecule has 5 heteroatoms. The van der Waals surface area contributed by atoms with Crippen LogP contribution in [0.3, 0.4) is 0 Å². The molecule has 0 saturated carbocycles. The average molecular weight is 263 g/mol. The van der Waals surface area contributed by atoms with E-state index < -0.39 is 6.10 Å². The first-order valence-corrected chi connectivity index (χ1v) is 6.72. The number of carbonyl (C=O) groups excluding carboxylic acids is 1. The van der Waals surface area contributed by atoms with Gasteiger partial charge in [-0.1, -0.05) is 6.07 Å². The highest BCUT2D eigenvalue weighted by atomic mass is 16.3. The maximum Gasteiger partial charge on any atom is 0.219 e. The van der Waals surface area contributed by atoms with Gasteiger partial charge in [0.2, 0.25) is 5.91 Å². The summed E-state index contributed by atoms with van der Waals surface area (Å²) in [5.74, 6) is 1.05. The quantitative estimate of drug-likeness (QED) is 0.871. The Morgan fingerprint density at radius 1 is 1.32 bits per heavy atom. The van der Waals surface area contributed by atoms with Crippen molar-refractivity contribution in [3.63, 3.8) is 0 Å². The van der Waals surface area contributed by atoms with Crippen molar-refractivity contribution in [1.29, 1.82) is 0 Å². The Kier molecular flexibility index (Phi) is 4.37. The average Bonchev–Trinajstić information content (AvgIpc) is 2.64. The van der Waals surface area contributed by atoms with Crippen LogP contribution < -0.4 is 4.90 Å². The SMILES string of the molecule is CC(=O)N1CCCN(c2ccc([C@@H](C)O)cn2)CC1. The van der Waals surface area contributed by atoms with Crippen LogP contribution in [-0.2, 0) is 4.79 Å². The number of nitrogens with zero attached hydrogens (tertiary/aromatic N) is 3. The molecule has 1 N–H and O–H groups in total. The third kappa shape index (κ3) is 3.44. The molecule has 0 aromatic carbocycles. The minimum absolute atomic E-state index is 0.138. The molecule has 19 heavy (non-hydrogen) atoms. The summed E-state index contributed by atoms with van der Waals surface area (Å²) in [5.41, 5.74) is 0.823. The minimum atomic E-state index is -0.487. The van der Waals surface area contributed by atoms with Gasteiger partial charge in [-0.2, -0.15) is 0 Å². The first-order valence-electron chi connectivity index (χ1n) is 6.72. The zero-order valence-electron chi connectivity index (χ0n) is 11.5. The lowest BCUT2D eigenvalue weighted by Gasteiger charge is -2.22.